The summed E-state index contributed by atoms with van der Waals surface area (Å²) in [7, 11) is 0. The molecule has 0 radical (unpaired) electrons. The number of nitrogens with one attached hydrogen (secondary N) is 1. The highest BCUT2D eigenvalue weighted by molar-refractivity contribution is 5.96. The Kier molecular flexibility index (Phi) is 6.33. The van der Waals surface area contributed by atoms with Gasteiger partial charge in [0.25, 0.3) is 5.91 Å². The van der Waals surface area contributed by atoms with Crippen LogP contribution >= 0.6 is 0 Å². The summed E-state index contributed by atoms with van der Waals surface area (Å²) in [5.74, 6) is -0.108. The summed E-state index contributed by atoms with van der Waals surface area (Å²) < 4.78 is 5.55. The molecule has 0 saturated carbocycles. The number of nitrogens with zero attached hydrogens (tertiary/aromatic N) is 2. The van der Waals surface area contributed by atoms with Gasteiger partial charge >= 0.3 is 6.03 Å². The molecule has 2 aromatic rings. The van der Waals surface area contributed by atoms with Crippen molar-refractivity contribution in [2.75, 3.05) is 31.1 Å². The van der Waals surface area contributed by atoms with Crippen molar-refractivity contribution >= 4 is 17.6 Å². The second kappa shape index (κ2) is 9.30. The zero-order valence-electron chi connectivity index (χ0n) is 17.5. The third-order valence-electron chi connectivity index (χ3n) is 5.89. The summed E-state index contributed by atoms with van der Waals surface area (Å²) in [6.07, 6.45) is 3.09. The van der Waals surface area contributed by atoms with Gasteiger partial charge in [0, 0.05) is 44.0 Å². The van der Waals surface area contributed by atoms with Crippen LogP contribution in [-0.4, -0.2) is 49.2 Å². The van der Waals surface area contributed by atoms with E-state index in [1.54, 1.807) is 17.0 Å². The van der Waals surface area contributed by atoms with Crippen LogP contribution in [0, 0.1) is 6.92 Å². The van der Waals surface area contributed by atoms with Gasteiger partial charge in [0.15, 0.2) is 0 Å². The van der Waals surface area contributed by atoms with Crippen LogP contribution in [0.4, 0.5) is 10.5 Å². The molecule has 4 rings (SSSR count). The smallest absolute Gasteiger partial charge is 0.324 e. The van der Waals surface area contributed by atoms with Crippen LogP contribution in [0.3, 0.4) is 0 Å². The minimum Gasteiger partial charge on any atom is -0.376 e. The first-order chi connectivity index (χ1) is 14.6. The number of hydrogen-bond donors (Lipinski definition) is 1. The number of benzene rings is 2. The fraction of sp³-hybridized carbons (Fsp3) is 0.417. The largest absolute Gasteiger partial charge is 0.376 e. The molecule has 2 fully saturated rings. The van der Waals surface area contributed by atoms with Gasteiger partial charge in [-0.15, -0.1) is 0 Å². The van der Waals surface area contributed by atoms with Crippen LogP contribution in [0.5, 0.6) is 0 Å². The van der Waals surface area contributed by atoms with Crippen LogP contribution in [0.1, 0.15) is 40.7 Å². The van der Waals surface area contributed by atoms with E-state index in [4.69, 9.17) is 4.74 Å². The van der Waals surface area contributed by atoms with Gasteiger partial charge in [-0.25, -0.2) is 4.79 Å². The molecule has 0 unspecified atom stereocenters. The number of carbonyl (C=O) groups is 2. The number of rotatable bonds is 6. The molecule has 0 aromatic heterocycles. The Morgan fingerprint density at radius 3 is 2.63 bits per heavy atom. The lowest BCUT2D eigenvalue weighted by Gasteiger charge is -2.36. The van der Waals surface area contributed by atoms with Gasteiger partial charge in [-0.1, -0.05) is 24.3 Å². The van der Waals surface area contributed by atoms with E-state index in [-0.39, 0.29) is 18.0 Å². The quantitative estimate of drug-likeness (QED) is 0.794. The Hall–Kier alpha value is -2.86. The highest BCUT2D eigenvalue weighted by atomic mass is 16.5. The van der Waals surface area contributed by atoms with E-state index < -0.39 is 0 Å². The lowest BCUT2D eigenvalue weighted by atomic mass is 10.1. The Labute approximate surface area is 177 Å². The molecule has 2 aliphatic rings. The molecule has 6 nitrogen and oxygen atoms in total. The van der Waals surface area contributed by atoms with Crippen molar-refractivity contribution < 1.29 is 14.3 Å². The molecule has 2 heterocycles. The maximum atomic E-state index is 13.1. The average Bonchev–Trinajstić information content (AvgIpc) is 3.29. The van der Waals surface area contributed by atoms with Gasteiger partial charge in [0.05, 0.1) is 6.10 Å². The number of anilines is 1. The van der Waals surface area contributed by atoms with Crippen LogP contribution in [0.2, 0.25) is 0 Å². The zero-order valence-corrected chi connectivity index (χ0v) is 17.5. The number of urea groups is 1. The molecule has 0 aliphatic carbocycles. The SMILES string of the molecule is Cc1ccccc1CN1CCCN(c2ccc(C(=O)NC[C@@H]3CCCO3)cc2)C1=O. The molecule has 1 atom stereocenters. The molecule has 30 heavy (non-hydrogen) atoms. The molecule has 2 aromatic carbocycles. The van der Waals surface area contributed by atoms with Crippen molar-refractivity contribution in [3.8, 4) is 0 Å². The summed E-state index contributed by atoms with van der Waals surface area (Å²) in [5, 5.41) is 2.94. The molecule has 1 N–H and O–H groups in total. The van der Waals surface area contributed by atoms with Crippen molar-refractivity contribution in [2.24, 2.45) is 0 Å². The van der Waals surface area contributed by atoms with Crippen LogP contribution < -0.4 is 10.2 Å². The first kappa shape index (κ1) is 20.4. The molecule has 158 valence electrons. The summed E-state index contributed by atoms with van der Waals surface area (Å²) in [4.78, 5) is 29.2. The normalized spacial score (nSPS) is 19.2. The Bertz CT molecular complexity index is 891. The first-order valence-corrected chi connectivity index (χ1v) is 10.7. The zero-order chi connectivity index (χ0) is 20.9. The molecule has 2 saturated heterocycles. The van der Waals surface area contributed by atoms with Gasteiger partial charge in [-0.2, -0.15) is 0 Å². The fourth-order valence-corrected chi connectivity index (χ4v) is 4.07. The Morgan fingerprint density at radius 2 is 1.90 bits per heavy atom. The van der Waals surface area contributed by atoms with Crippen LogP contribution in [0.25, 0.3) is 0 Å². The number of ether oxygens (including phenoxy) is 1. The molecule has 0 bridgehead atoms. The van der Waals surface area contributed by atoms with E-state index >= 15 is 0 Å². The second-order valence-corrected chi connectivity index (χ2v) is 8.03. The minimum absolute atomic E-state index is 0.0140. The second-order valence-electron chi connectivity index (χ2n) is 8.03. The van der Waals surface area contributed by atoms with Gasteiger partial charge in [0.1, 0.15) is 0 Å². The van der Waals surface area contributed by atoms with Crippen LogP contribution in [0.15, 0.2) is 48.5 Å². The molecular formula is C24H29N3O3. The van der Waals surface area contributed by atoms with Crippen molar-refractivity contribution in [2.45, 2.75) is 38.8 Å². The predicted molar refractivity (Wildman–Crippen MR) is 117 cm³/mol. The van der Waals surface area contributed by atoms with E-state index in [0.29, 0.717) is 25.2 Å². The monoisotopic (exact) mass is 407 g/mol. The maximum Gasteiger partial charge on any atom is 0.324 e. The summed E-state index contributed by atoms with van der Waals surface area (Å²) in [6.45, 7) is 5.45. The standard InChI is InChI=1S/C24H29N3O3/c1-18-6-2-3-7-20(18)17-26-13-5-14-27(24(26)29)21-11-9-19(10-12-21)23(28)25-16-22-8-4-15-30-22/h2-3,6-7,9-12,22H,4-5,8,13-17H2,1H3,(H,25,28)/t22-/m0/s1. The minimum atomic E-state index is -0.108. The number of hydrogen-bond acceptors (Lipinski definition) is 3. The Morgan fingerprint density at radius 1 is 1.10 bits per heavy atom. The van der Waals surface area contributed by atoms with E-state index in [1.165, 1.54) is 11.1 Å². The third kappa shape index (κ3) is 4.65. The summed E-state index contributed by atoms with van der Waals surface area (Å²) in [6, 6.07) is 15.5. The van der Waals surface area contributed by atoms with Gasteiger partial charge in [0.2, 0.25) is 0 Å². The Balaban J connectivity index is 1.38. The van der Waals surface area contributed by atoms with Crippen molar-refractivity contribution in [3.63, 3.8) is 0 Å². The third-order valence-corrected chi connectivity index (χ3v) is 5.89. The topological polar surface area (TPSA) is 61.9 Å². The molecule has 3 amide bonds. The molecular weight excluding hydrogens is 378 g/mol. The lowest BCUT2D eigenvalue weighted by molar-refractivity contribution is 0.0858. The number of amides is 3. The van der Waals surface area contributed by atoms with E-state index in [9.17, 15) is 9.59 Å². The fourth-order valence-electron chi connectivity index (χ4n) is 4.07. The van der Waals surface area contributed by atoms with Crippen molar-refractivity contribution in [1.82, 2.24) is 10.2 Å². The molecule has 6 heteroatoms. The van der Waals surface area contributed by atoms with Gasteiger partial charge < -0.3 is 15.0 Å². The first-order valence-electron chi connectivity index (χ1n) is 10.7. The number of carbonyl (C=O) groups excluding carboxylic acids is 2. The highest BCUT2D eigenvalue weighted by Crippen LogP contribution is 2.23. The summed E-state index contributed by atoms with van der Waals surface area (Å²) in [5.41, 5.74) is 3.79. The van der Waals surface area contributed by atoms with E-state index in [1.807, 2.05) is 29.2 Å². The van der Waals surface area contributed by atoms with Crippen molar-refractivity contribution in [1.29, 1.82) is 0 Å². The van der Waals surface area contributed by atoms with E-state index in [2.05, 4.69) is 24.4 Å². The highest BCUT2D eigenvalue weighted by Gasteiger charge is 2.27. The van der Waals surface area contributed by atoms with Crippen molar-refractivity contribution in [3.05, 3.63) is 65.2 Å². The van der Waals surface area contributed by atoms with Crippen LogP contribution in [-0.2, 0) is 11.3 Å². The molecule has 0 spiro atoms. The predicted octanol–water partition coefficient (Wildman–Crippen LogP) is 3.74. The summed E-state index contributed by atoms with van der Waals surface area (Å²) >= 11 is 0. The molecule has 2 aliphatic heterocycles. The van der Waals surface area contributed by atoms with Gasteiger partial charge in [-0.3, -0.25) is 9.69 Å². The average molecular weight is 408 g/mol. The van der Waals surface area contributed by atoms with Gasteiger partial charge in [-0.05, 0) is 61.6 Å². The lowest BCUT2D eigenvalue weighted by Crippen LogP contribution is -2.49. The van der Waals surface area contributed by atoms with E-state index in [0.717, 1.165) is 38.1 Å². The number of aryl methyl sites for hydroxylation is 1. The maximum absolute atomic E-state index is 13.1.